The molecule has 0 aromatic carbocycles. The monoisotopic (exact) mass is 156 g/mol. The molecule has 0 saturated carbocycles. The van der Waals surface area contributed by atoms with E-state index in [1.807, 2.05) is 6.92 Å². The summed E-state index contributed by atoms with van der Waals surface area (Å²) in [7, 11) is 0. The van der Waals surface area contributed by atoms with Gasteiger partial charge in [-0.1, -0.05) is 5.92 Å². The second kappa shape index (κ2) is 5.17. The largest absolute Gasteiger partial charge is 0.382 e. The van der Waals surface area contributed by atoms with Gasteiger partial charge in [0.15, 0.2) is 0 Å². The van der Waals surface area contributed by atoms with Crippen molar-refractivity contribution in [3.63, 3.8) is 0 Å². The summed E-state index contributed by atoms with van der Waals surface area (Å²) < 4.78 is 5.09. The highest BCUT2D eigenvalue weighted by Gasteiger charge is 2.15. The third-order valence-corrected chi connectivity index (χ3v) is 1.33. The van der Waals surface area contributed by atoms with Crippen LogP contribution in [0.15, 0.2) is 0 Å². The van der Waals surface area contributed by atoms with E-state index in [0.29, 0.717) is 19.6 Å². The molecule has 0 heterocycles. The topological polar surface area (TPSA) is 29.5 Å². The van der Waals surface area contributed by atoms with Crippen LogP contribution in [0.25, 0.3) is 0 Å². The lowest BCUT2D eigenvalue weighted by molar-refractivity contribution is 0.0589. The first-order valence-electron chi connectivity index (χ1n) is 3.86. The zero-order chi connectivity index (χ0) is 8.74. The Hall–Kier alpha value is -0.520. The van der Waals surface area contributed by atoms with Gasteiger partial charge in [0.05, 0.1) is 6.61 Å². The molecule has 0 radical (unpaired) electrons. The van der Waals surface area contributed by atoms with Crippen LogP contribution in [0.1, 0.15) is 27.2 Å². The Morgan fingerprint density at radius 2 is 2.18 bits per heavy atom. The fourth-order valence-corrected chi connectivity index (χ4v) is 0.747. The molecule has 0 rings (SSSR count). The maximum absolute atomic E-state index is 9.49. The molecule has 2 heteroatoms. The number of rotatable bonds is 4. The number of hydrogen-bond donors (Lipinski definition) is 1. The molecule has 1 atom stereocenters. The standard InChI is InChI=1S/C9H16O2/c1-4-6-9(3,10)7-8-11-5-2/h10H,5,7-8H2,1-3H3. The average molecular weight is 156 g/mol. The van der Waals surface area contributed by atoms with Gasteiger partial charge >= 0.3 is 0 Å². The zero-order valence-corrected chi connectivity index (χ0v) is 7.48. The van der Waals surface area contributed by atoms with E-state index in [1.165, 1.54) is 0 Å². The van der Waals surface area contributed by atoms with Crippen molar-refractivity contribution >= 4 is 0 Å². The second-order valence-electron chi connectivity index (χ2n) is 2.60. The molecule has 2 nitrogen and oxygen atoms in total. The predicted molar refractivity (Wildman–Crippen MR) is 45.2 cm³/mol. The molecule has 1 N–H and O–H groups in total. The third-order valence-electron chi connectivity index (χ3n) is 1.33. The quantitative estimate of drug-likeness (QED) is 0.489. The Morgan fingerprint density at radius 3 is 2.64 bits per heavy atom. The van der Waals surface area contributed by atoms with Gasteiger partial charge in [-0.15, -0.1) is 5.92 Å². The van der Waals surface area contributed by atoms with Crippen molar-refractivity contribution in [2.24, 2.45) is 0 Å². The van der Waals surface area contributed by atoms with Crippen LogP contribution < -0.4 is 0 Å². The normalized spacial score (nSPS) is 14.9. The molecule has 0 fully saturated rings. The molecule has 0 aromatic heterocycles. The molecule has 64 valence electrons. The highest BCUT2D eigenvalue weighted by Crippen LogP contribution is 2.06. The molecule has 0 aliphatic heterocycles. The van der Waals surface area contributed by atoms with E-state index in [4.69, 9.17) is 4.74 Å². The lowest BCUT2D eigenvalue weighted by Crippen LogP contribution is -2.23. The fraction of sp³-hybridized carbons (Fsp3) is 0.778. The summed E-state index contributed by atoms with van der Waals surface area (Å²) >= 11 is 0. The maximum Gasteiger partial charge on any atom is 0.124 e. The first kappa shape index (κ1) is 10.5. The van der Waals surface area contributed by atoms with Crippen molar-refractivity contribution in [1.29, 1.82) is 0 Å². The SMILES string of the molecule is CC#CC(C)(O)CCOCC. The molecule has 0 aromatic rings. The first-order valence-corrected chi connectivity index (χ1v) is 3.86. The number of hydrogen-bond acceptors (Lipinski definition) is 2. The Kier molecular flexibility index (Phi) is 4.93. The van der Waals surface area contributed by atoms with Gasteiger partial charge in [0, 0.05) is 13.0 Å². The summed E-state index contributed by atoms with van der Waals surface area (Å²) in [5, 5.41) is 9.49. The molecule has 0 bridgehead atoms. The number of ether oxygens (including phenoxy) is 1. The lowest BCUT2D eigenvalue weighted by Gasteiger charge is -2.15. The van der Waals surface area contributed by atoms with E-state index < -0.39 is 5.60 Å². The minimum Gasteiger partial charge on any atom is -0.382 e. The van der Waals surface area contributed by atoms with Crippen LogP contribution in [-0.2, 0) is 4.74 Å². The third kappa shape index (κ3) is 5.90. The maximum atomic E-state index is 9.49. The van der Waals surface area contributed by atoms with E-state index >= 15 is 0 Å². The fourth-order valence-electron chi connectivity index (χ4n) is 0.747. The lowest BCUT2D eigenvalue weighted by atomic mass is 10.0. The van der Waals surface area contributed by atoms with Crippen molar-refractivity contribution in [3.8, 4) is 11.8 Å². The van der Waals surface area contributed by atoms with Gasteiger partial charge in [-0.2, -0.15) is 0 Å². The van der Waals surface area contributed by atoms with Gasteiger partial charge < -0.3 is 9.84 Å². The number of aliphatic hydroxyl groups is 1. The van der Waals surface area contributed by atoms with E-state index in [0.717, 1.165) is 0 Å². The van der Waals surface area contributed by atoms with Crippen LogP contribution in [0.3, 0.4) is 0 Å². The highest BCUT2D eigenvalue weighted by molar-refractivity contribution is 5.09. The summed E-state index contributed by atoms with van der Waals surface area (Å²) in [5.74, 6) is 5.39. The van der Waals surface area contributed by atoms with Crippen molar-refractivity contribution in [2.45, 2.75) is 32.8 Å². The molecular formula is C9H16O2. The highest BCUT2D eigenvalue weighted by atomic mass is 16.5. The van der Waals surface area contributed by atoms with E-state index in [-0.39, 0.29) is 0 Å². The van der Waals surface area contributed by atoms with E-state index in [1.54, 1.807) is 13.8 Å². The van der Waals surface area contributed by atoms with Crippen LogP contribution >= 0.6 is 0 Å². The molecule has 0 saturated heterocycles. The van der Waals surface area contributed by atoms with Gasteiger partial charge in [0.25, 0.3) is 0 Å². The van der Waals surface area contributed by atoms with Gasteiger partial charge in [0.1, 0.15) is 5.60 Å². The second-order valence-corrected chi connectivity index (χ2v) is 2.60. The average Bonchev–Trinajstić information content (AvgIpc) is 1.87. The van der Waals surface area contributed by atoms with Gasteiger partial charge in [-0.3, -0.25) is 0 Å². The van der Waals surface area contributed by atoms with Crippen LogP contribution in [-0.4, -0.2) is 23.9 Å². The summed E-state index contributed by atoms with van der Waals surface area (Å²) in [6, 6.07) is 0. The molecule has 1 unspecified atom stereocenters. The van der Waals surface area contributed by atoms with E-state index in [2.05, 4.69) is 11.8 Å². The zero-order valence-electron chi connectivity index (χ0n) is 7.48. The van der Waals surface area contributed by atoms with Gasteiger partial charge in [-0.25, -0.2) is 0 Å². The molecular weight excluding hydrogens is 140 g/mol. The first-order chi connectivity index (χ1) is 5.12. The minimum atomic E-state index is -0.885. The summed E-state index contributed by atoms with van der Waals surface area (Å²) in [6.07, 6.45) is 0.571. The Balaban J connectivity index is 3.61. The summed E-state index contributed by atoms with van der Waals surface area (Å²) in [6.45, 7) is 6.60. The van der Waals surface area contributed by atoms with Gasteiger partial charge in [0.2, 0.25) is 0 Å². The summed E-state index contributed by atoms with van der Waals surface area (Å²) in [4.78, 5) is 0. The van der Waals surface area contributed by atoms with Crippen LogP contribution in [0, 0.1) is 11.8 Å². The summed E-state index contributed by atoms with van der Waals surface area (Å²) in [5.41, 5.74) is -0.885. The van der Waals surface area contributed by atoms with Crippen molar-refractivity contribution < 1.29 is 9.84 Å². The van der Waals surface area contributed by atoms with Crippen LogP contribution in [0.4, 0.5) is 0 Å². The minimum absolute atomic E-state index is 0.568. The van der Waals surface area contributed by atoms with Crippen LogP contribution in [0.5, 0.6) is 0 Å². The molecule has 0 aliphatic rings. The van der Waals surface area contributed by atoms with Gasteiger partial charge in [-0.05, 0) is 20.8 Å². The van der Waals surface area contributed by atoms with Crippen LogP contribution in [0.2, 0.25) is 0 Å². The van der Waals surface area contributed by atoms with E-state index in [9.17, 15) is 5.11 Å². The molecule has 0 spiro atoms. The van der Waals surface area contributed by atoms with Crippen molar-refractivity contribution in [2.75, 3.05) is 13.2 Å². The Labute approximate surface area is 68.6 Å². The predicted octanol–water partition coefficient (Wildman–Crippen LogP) is 1.19. The Morgan fingerprint density at radius 1 is 1.55 bits per heavy atom. The Bertz CT molecular complexity index is 151. The molecule has 11 heavy (non-hydrogen) atoms. The molecule has 0 aliphatic carbocycles. The molecule has 0 amide bonds. The van der Waals surface area contributed by atoms with Crippen molar-refractivity contribution in [1.82, 2.24) is 0 Å². The smallest absolute Gasteiger partial charge is 0.124 e. The van der Waals surface area contributed by atoms with Crippen molar-refractivity contribution in [3.05, 3.63) is 0 Å².